The Balaban J connectivity index is 1.53. The first-order valence-electron chi connectivity index (χ1n) is 6.77. The van der Waals surface area contributed by atoms with Gasteiger partial charge in [0.25, 0.3) is 0 Å². The van der Waals surface area contributed by atoms with Gasteiger partial charge in [0, 0.05) is 21.6 Å². The smallest absolute Gasteiger partial charge is 0.131 e. The van der Waals surface area contributed by atoms with Crippen molar-refractivity contribution in [1.29, 1.82) is 0 Å². The summed E-state index contributed by atoms with van der Waals surface area (Å²) in [7, 11) is 0. The van der Waals surface area contributed by atoms with Crippen molar-refractivity contribution in [3.63, 3.8) is 0 Å². The minimum absolute atomic E-state index is 0.762. The Bertz CT molecular complexity index is 728. The molecule has 0 saturated carbocycles. The zero-order valence-corrected chi connectivity index (χ0v) is 15.9. The van der Waals surface area contributed by atoms with E-state index in [-0.39, 0.29) is 0 Å². The molecule has 118 valence electrons. The van der Waals surface area contributed by atoms with Gasteiger partial charge in [0.05, 0.1) is 0 Å². The van der Waals surface area contributed by atoms with Crippen LogP contribution in [-0.2, 0) is 11.5 Å². The Morgan fingerprint density at radius 3 is 1.70 bits per heavy atom. The van der Waals surface area contributed by atoms with E-state index in [0.29, 0.717) is 0 Å². The fourth-order valence-corrected chi connectivity index (χ4v) is 5.19. The second-order valence-corrected chi connectivity index (χ2v) is 8.97. The van der Waals surface area contributed by atoms with Gasteiger partial charge in [-0.15, -0.1) is 10.2 Å². The molecule has 2 aromatic carbocycles. The van der Waals surface area contributed by atoms with Crippen molar-refractivity contribution in [3.8, 4) is 0 Å². The van der Waals surface area contributed by atoms with Gasteiger partial charge in [0.1, 0.15) is 0 Å². The number of hydrogen-bond acceptors (Lipinski definition) is 5. The number of hydrogen-bond donors (Lipinski definition) is 0. The maximum Gasteiger partial charge on any atom is 0.175 e. The van der Waals surface area contributed by atoms with Crippen molar-refractivity contribution in [1.82, 2.24) is 10.2 Å². The van der Waals surface area contributed by atoms with Gasteiger partial charge in [-0.25, -0.2) is 0 Å². The van der Waals surface area contributed by atoms with E-state index in [9.17, 15) is 0 Å². The standard InChI is InChI=1S/C16H12Cl2N2S3/c17-13-5-1-3-11(7-13)9-21-15-19-20-16(23-15)22-10-12-4-2-6-14(18)8-12/h1-8H,9-10H2. The summed E-state index contributed by atoms with van der Waals surface area (Å²) in [6.45, 7) is 0. The van der Waals surface area contributed by atoms with E-state index in [1.54, 1.807) is 34.9 Å². The van der Waals surface area contributed by atoms with Gasteiger partial charge in [-0.2, -0.15) is 0 Å². The van der Waals surface area contributed by atoms with Crippen LogP contribution in [-0.4, -0.2) is 10.2 Å². The molecule has 0 aliphatic heterocycles. The van der Waals surface area contributed by atoms with Crippen LogP contribution in [0.3, 0.4) is 0 Å². The average molecular weight is 399 g/mol. The monoisotopic (exact) mass is 398 g/mol. The van der Waals surface area contributed by atoms with Crippen LogP contribution in [0, 0.1) is 0 Å². The van der Waals surface area contributed by atoms with Gasteiger partial charge >= 0.3 is 0 Å². The van der Waals surface area contributed by atoms with E-state index < -0.39 is 0 Å². The molecule has 7 heteroatoms. The lowest BCUT2D eigenvalue weighted by molar-refractivity contribution is 0.954. The summed E-state index contributed by atoms with van der Waals surface area (Å²) >= 11 is 17.0. The molecule has 0 aliphatic carbocycles. The average Bonchev–Trinajstić information content (AvgIpc) is 2.99. The highest BCUT2D eigenvalue weighted by Gasteiger charge is 2.07. The molecule has 0 bridgehead atoms. The van der Waals surface area contributed by atoms with Crippen LogP contribution in [0.1, 0.15) is 11.1 Å². The van der Waals surface area contributed by atoms with Crippen LogP contribution in [0.5, 0.6) is 0 Å². The Hall–Kier alpha value is -0.720. The molecule has 1 aromatic heterocycles. The Kier molecular flexibility index (Phi) is 6.25. The molecular formula is C16H12Cl2N2S3. The number of benzene rings is 2. The molecule has 2 nitrogen and oxygen atoms in total. The highest BCUT2D eigenvalue weighted by molar-refractivity contribution is 8.02. The molecule has 23 heavy (non-hydrogen) atoms. The molecule has 0 radical (unpaired) electrons. The Morgan fingerprint density at radius 1 is 0.783 bits per heavy atom. The van der Waals surface area contributed by atoms with Gasteiger partial charge in [-0.3, -0.25) is 0 Å². The van der Waals surface area contributed by atoms with Crippen molar-refractivity contribution in [2.24, 2.45) is 0 Å². The fourth-order valence-electron chi connectivity index (χ4n) is 1.86. The molecule has 0 spiro atoms. The predicted molar refractivity (Wildman–Crippen MR) is 102 cm³/mol. The number of aromatic nitrogens is 2. The van der Waals surface area contributed by atoms with Crippen LogP contribution in [0.15, 0.2) is 57.2 Å². The molecule has 3 aromatic rings. The summed E-state index contributed by atoms with van der Waals surface area (Å²) in [4.78, 5) is 0. The highest BCUT2D eigenvalue weighted by atomic mass is 35.5. The quantitative estimate of drug-likeness (QED) is 0.446. The van der Waals surface area contributed by atoms with Crippen LogP contribution in [0.2, 0.25) is 10.0 Å². The Morgan fingerprint density at radius 2 is 1.26 bits per heavy atom. The van der Waals surface area contributed by atoms with Crippen molar-refractivity contribution in [2.45, 2.75) is 20.2 Å². The van der Waals surface area contributed by atoms with Crippen molar-refractivity contribution in [3.05, 3.63) is 69.7 Å². The SMILES string of the molecule is Clc1cccc(CSc2nnc(SCc3cccc(Cl)c3)s2)c1. The number of thioether (sulfide) groups is 2. The summed E-state index contributed by atoms with van der Waals surface area (Å²) < 4.78 is 1.94. The third-order valence-electron chi connectivity index (χ3n) is 2.89. The first kappa shape index (κ1) is 17.1. The highest BCUT2D eigenvalue weighted by Crippen LogP contribution is 2.32. The zero-order chi connectivity index (χ0) is 16.1. The molecule has 3 rings (SSSR count). The van der Waals surface area contributed by atoms with Crippen LogP contribution < -0.4 is 0 Å². The van der Waals surface area contributed by atoms with Crippen molar-refractivity contribution >= 4 is 58.1 Å². The molecule has 0 unspecified atom stereocenters. The minimum atomic E-state index is 0.762. The van der Waals surface area contributed by atoms with Crippen LogP contribution >= 0.6 is 58.1 Å². The zero-order valence-electron chi connectivity index (χ0n) is 11.9. The number of rotatable bonds is 6. The van der Waals surface area contributed by atoms with Gasteiger partial charge < -0.3 is 0 Å². The lowest BCUT2D eigenvalue weighted by Gasteiger charge is -1.99. The topological polar surface area (TPSA) is 25.8 Å². The number of nitrogens with zero attached hydrogens (tertiary/aromatic N) is 2. The summed E-state index contributed by atoms with van der Waals surface area (Å²) in [6.07, 6.45) is 0. The Labute approximate surface area is 157 Å². The summed E-state index contributed by atoms with van der Waals surface area (Å²) in [5.41, 5.74) is 2.37. The van der Waals surface area contributed by atoms with Crippen LogP contribution in [0.25, 0.3) is 0 Å². The molecule has 0 amide bonds. The maximum atomic E-state index is 5.99. The van der Waals surface area contributed by atoms with E-state index in [2.05, 4.69) is 22.3 Å². The van der Waals surface area contributed by atoms with E-state index in [0.717, 1.165) is 30.2 Å². The van der Waals surface area contributed by atoms with E-state index in [1.807, 2.05) is 36.4 Å². The van der Waals surface area contributed by atoms with Crippen LogP contribution in [0.4, 0.5) is 0 Å². The van der Waals surface area contributed by atoms with E-state index in [1.165, 1.54) is 11.1 Å². The van der Waals surface area contributed by atoms with Gasteiger partial charge in [0.15, 0.2) is 8.68 Å². The van der Waals surface area contributed by atoms with E-state index >= 15 is 0 Å². The van der Waals surface area contributed by atoms with Crippen molar-refractivity contribution < 1.29 is 0 Å². The van der Waals surface area contributed by atoms with Gasteiger partial charge in [0.2, 0.25) is 0 Å². The lowest BCUT2D eigenvalue weighted by atomic mass is 10.2. The molecule has 1 heterocycles. The molecule has 0 aliphatic rings. The second-order valence-electron chi connectivity index (χ2n) is 4.67. The van der Waals surface area contributed by atoms with E-state index in [4.69, 9.17) is 23.2 Å². The summed E-state index contributed by atoms with van der Waals surface area (Å²) in [5.74, 6) is 1.68. The molecular weight excluding hydrogens is 387 g/mol. The summed E-state index contributed by atoms with van der Waals surface area (Å²) in [6, 6.07) is 15.8. The van der Waals surface area contributed by atoms with Crippen molar-refractivity contribution in [2.75, 3.05) is 0 Å². The second kappa shape index (κ2) is 8.40. The molecule has 0 saturated heterocycles. The fraction of sp³-hybridized carbons (Fsp3) is 0.125. The molecule has 0 atom stereocenters. The van der Waals surface area contributed by atoms with Gasteiger partial charge in [-0.1, -0.05) is 82.3 Å². The predicted octanol–water partition coefficient (Wildman–Crippen LogP) is 6.43. The third-order valence-corrected chi connectivity index (χ3v) is 6.69. The summed E-state index contributed by atoms with van der Waals surface area (Å²) in [5, 5.41) is 9.99. The third kappa shape index (κ3) is 5.40. The number of halogens is 2. The first-order chi connectivity index (χ1) is 11.2. The normalized spacial score (nSPS) is 10.9. The first-order valence-corrected chi connectivity index (χ1v) is 10.3. The minimum Gasteiger partial charge on any atom is -0.131 e. The molecule has 0 fully saturated rings. The van der Waals surface area contributed by atoms with Gasteiger partial charge in [-0.05, 0) is 35.4 Å². The molecule has 0 N–H and O–H groups in total. The lowest BCUT2D eigenvalue weighted by Crippen LogP contribution is -1.80. The largest absolute Gasteiger partial charge is 0.175 e. The maximum absolute atomic E-state index is 5.99.